The van der Waals surface area contributed by atoms with Gasteiger partial charge in [0.25, 0.3) is 23.6 Å². The van der Waals surface area contributed by atoms with Gasteiger partial charge in [-0.1, -0.05) is 95.4 Å². The van der Waals surface area contributed by atoms with E-state index in [0.717, 1.165) is 101 Å². The predicted molar refractivity (Wildman–Crippen MR) is 184 cm³/mol. The van der Waals surface area contributed by atoms with Crippen LogP contribution in [0.25, 0.3) is 43.1 Å². The Bertz CT molecular complexity index is 1990. The highest BCUT2D eigenvalue weighted by Gasteiger charge is 2.39. The van der Waals surface area contributed by atoms with Crippen LogP contribution in [0.3, 0.4) is 0 Å². The molecule has 46 heavy (non-hydrogen) atoms. The summed E-state index contributed by atoms with van der Waals surface area (Å²) in [6, 6.07) is 14.9. The first-order valence-electron chi connectivity index (χ1n) is 16.8. The smallest absolute Gasteiger partial charge is 0.262 e. The number of terminal acetylenes is 1. The average molecular weight is 611 g/mol. The first kappa shape index (κ1) is 29.9. The zero-order chi connectivity index (χ0) is 32.1. The van der Waals surface area contributed by atoms with Crippen LogP contribution in [0.15, 0.2) is 48.5 Å². The van der Waals surface area contributed by atoms with Crippen molar-refractivity contribution in [3.63, 3.8) is 0 Å². The van der Waals surface area contributed by atoms with Gasteiger partial charge in [-0.3, -0.25) is 29.0 Å². The Hall–Kier alpha value is -4.76. The minimum Gasteiger partial charge on any atom is -0.271 e. The summed E-state index contributed by atoms with van der Waals surface area (Å²) in [5.41, 5.74) is 2.02. The molecule has 0 fully saturated rings. The fourth-order valence-corrected chi connectivity index (χ4v) is 7.92. The molecule has 0 atom stereocenters. The molecule has 6 nitrogen and oxygen atoms in total. The van der Waals surface area contributed by atoms with Gasteiger partial charge >= 0.3 is 0 Å². The standard InChI is InChI=1S/C40H38N2O4/c1-4-7-9-11-13-24(14-12-10-8-5-2)42-39(45)31-21-17-27-25-15-19-29-35-30(38(44)41(23-6-3)37(29)43)20-16-26(33(25)35)28-18-22-32(40(42)46)36(31)34(27)28/h3,15-22,24H,4-5,7-14,23H2,1-2H3. The quantitative estimate of drug-likeness (QED) is 0.0465. The Morgan fingerprint density at radius 3 is 1.30 bits per heavy atom. The van der Waals surface area contributed by atoms with E-state index in [0.29, 0.717) is 33.0 Å². The van der Waals surface area contributed by atoms with Gasteiger partial charge in [0.15, 0.2) is 0 Å². The van der Waals surface area contributed by atoms with E-state index in [9.17, 15) is 19.2 Å². The molecule has 0 bridgehead atoms. The van der Waals surface area contributed by atoms with Crippen molar-refractivity contribution in [1.82, 2.24) is 9.80 Å². The van der Waals surface area contributed by atoms with E-state index in [2.05, 4.69) is 19.8 Å². The molecule has 232 valence electrons. The van der Waals surface area contributed by atoms with Crippen LogP contribution in [-0.2, 0) is 0 Å². The average Bonchev–Trinajstić information content (AvgIpc) is 3.07. The Labute approximate surface area is 269 Å². The molecular formula is C40H38N2O4. The molecule has 0 aliphatic carbocycles. The number of imide groups is 2. The van der Waals surface area contributed by atoms with Crippen molar-refractivity contribution in [1.29, 1.82) is 0 Å². The van der Waals surface area contributed by atoms with Gasteiger partial charge in [0, 0.05) is 39.1 Å². The first-order valence-corrected chi connectivity index (χ1v) is 16.8. The monoisotopic (exact) mass is 610 g/mol. The van der Waals surface area contributed by atoms with Gasteiger partial charge in [-0.2, -0.15) is 0 Å². The third-order valence-corrected chi connectivity index (χ3v) is 10.1. The number of carbonyl (C=O) groups is 4. The second kappa shape index (κ2) is 11.9. The molecule has 2 aliphatic heterocycles. The van der Waals surface area contributed by atoms with Gasteiger partial charge in [0.2, 0.25) is 0 Å². The molecule has 6 heteroatoms. The van der Waals surface area contributed by atoms with Gasteiger partial charge in [-0.05, 0) is 69.4 Å². The fourth-order valence-electron chi connectivity index (χ4n) is 7.92. The maximum Gasteiger partial charge on any atom is 0.262 e. The minimum absolute atomic E-state index is 0.0901. The predicted octanol–water partition coefficient (Wildman–Crippen LogP) is 8.87. The molecule has 7 rings (SSSR count). The van der Waals surface area contributed by atoms with Crippen LogP contribution in [0, 0.1) is 12.3 Å². The second-order valence-corrected chi connectivity index (χ2v) is 12.9. The number of nitrogens with zero attached hydrogens (tertiary/aromatic N) is 2. The minimum atomic E-state index is -0.398. The summed E-state index contributed by atoms with van der Waals surface area (Å²) in [6.07, 6.45) is 15.9. The summed E-state index contributed by atoms with van der Waals surface area (Å²) < 4.78 is 0. The lowest BCUT2D eigenvalue weighted by Gasteiger charge is -2.35. The van der Waals surface area contributed by atoms with Crippen LogP contribution < -0.4 is 0 Å². The van der Waals surface area contributed by atoms with E-state index < -0.39 is 11.8 Å². The van der Waals surface area contributed by atoms with E-state index in [1.165, 1.54) is 0 Å². The molecule has 5 aromatic rings. The molecule has 2 heterocycles. The van der Waals surface area contributed by atoms with Crippen molar-refractivity contribution >= 4 is 66.7 Å². The van der Waals surface area contributed by atoms with Crippen molar-refractivity contribution in [2.45, 2.75) is 84.1 Å². The van der Waals surface area contributed by atoms with Crippen molar-refractivity contribution < 1.29 is 19.2 Å². The Morgan fingerprint density at radius 2 is 0.935 bits per heavy atom. The number of hydrogen-bond acceptors (Lipinski definition) is 4. The molecule has 0 saturated carbocycles. The molecular weight excluding hydrogens is 572 g/mol. The Morgan fingerprint density at radius 1 is 0.543 bits per heavy atom. The van der Waals surface area contributed by atoms with Gasteiger partial charge < -0.3 is 0 Å². The van der Waals surface area contributed by atoms with Crippen molar-refractivity contribution in [2.24, 2.45) is 0 Å². The zero-order valence-electron chi connectivity index (χ0n) is 26.6. The lowest BCUT2D eigenvalue weighted by atomic mass is 9.82. The molecule has 5 aromatic carbocycles. The summed E-state index contributed by atoms with van der Waals surface area (Å²) in [6.45, 7) is 4.29. The van der Waals surface area contributed by atoms with E-state index in [4.69, 9.17) is 6.42 Å². The maximum absolute atomic E-state index is 14.3. The molecule has 0 radical (unpaired) electrons. The van der Waals surface area contributed by atoms with E-state index in [1.54, 1.807) is 17.0 Å². The van der Waals surface area contributed by atoms with E-state index in [-0.39, 0.29) is 24.4 Å². The van der Waals surface area contributed by atoms with Gasteiger partial charge in [0.05, 0.1) is 6.54 Å². The number of rotatable bonds is 12. The fraction of sp³-hybridized carbons (Fsp3) is 0.350. The summed E-state index contributed by atoms with van der Waals surface area (Å²) in [7, 11) is 0. The van der Waals surface area contributed by atoms with Crippen LogP contribution >= 0.6 is 0 Å². The molecule has 0 aromatic heterocycles. The van der Waals surface area contributed by atoms with Crippen LogP contribution in [0.4, 0.5) is 0 Å². The Balaban J connectivity index is 1.38. The van der Waals surface area contributed by atoms with Crippen LogP contribution in [0.2, 0.25) is 0 Å². The van der Waals surface area contributed by atoms with Crippen LogP contribution in [0.5, 0.6) is 0 Å². The third kappa shape index (κ3) is 4.40. The van der Waals surface area contributed by atoms with Crippen LogP contribution in [-0.4, -0.2) is 46.0 Å². The lowest BCUT2D eigenvalue weighted by Crippen LogP contribution is -2.47. The van der Waals surface area contributed by atoms with Gasteiger partial charge in [-0.15, -0.1) is 6.42 Å². The summed E-state index contributed by atoms with van der Waals surface area (Å²) in [5, 5.41) is 6.58. The highest BCUT2D eigenvalue weighted by Crippen LogP contribution is 2.46. The number of hydrogen-bond donors (Lipinski definition) is 0. The third-order valence-electron chi connectivity index (χ3n) is 10.1. The highest BCUT2D eigenvalue weighted by atomic mass is 16.2. The maximum atomic E-state index is 14.3. The topological polar surface area (TPSA) is 74.8 Å². The number of amides is 4. The summed E-state index contributed by atoms with van der Waals surface area (Å²) in [4.78, 5) is 58.1. The first-order chi connectivity index (χ1) is 22.4. The molecule has 4 amide bonds. The molecule has 0 unspecified atom stereocenters. The largest absolute Gasteiger partial charge is 0.271 e. The van der Waals surface area contributed by atoms with E-state index in [1.807, 2.05) is 36.4 Å². The van der Waals surface area contributed by atoms with Gasteiger partial charge in [-0.25, -0.2) is 0 Å². The highest BCUT2D eigenvalue weighted by molar-refractivity contribution is 6.41. The number of carbonyl (C=O) groups excluding carboxylic acids is 4. The zero-order valence-corrected chi connectivity index (χ0v) is 26.6. The normalized spacial score (nSPS) is 14.7. The van der Waals surface area contributed by atoms with Crippen LogP contribution in [0.1, 0.15) is 119 Å². The van der Waals surface area contributed by atoms with Crippen molar-refractivity contribution in [2.75, 3.05) is 6.54 Å². The number of unbranched alkanes of at least 4 members (excludes halogenated alkanes) is 6. The molecule has 2 aliphatic rings. The summed E-state index contributed by atoms with van der Waals surface area (Å²) in [5.74, 6) is 1.21. The second-order valence-electron chi connectivity index (χ2n) is 12.9. The van der Waals surface area contributed by atoms with Gasteiger partial charge in [0.1, 0.15) is 0 Å². The SMILES string of the molecule is C#CCN1C(=O)c2ccc3c4ccc5c6c(ccc(c7ccc(c2c37)C1=O)c64)C(=O)N(C(CCCCCC)CCCCCC)C5=O. The molecule has 0 spiro atoms. The van der Waals surface area contributed by atoms with Crippen molar-refractivity contribution in [3.05, 3.63) is 70.8 Å². The van der Waals surface area contributed by atoms with E-state index >= 15 is 0 Å². The number of fused-ring (bicyclic) bond motifs is 2. The van der Waals surface area contributed by atoms with Crippen molar-refractivity contribution in [3.8, 4) is 12.3 Å². The summed E-state index contributed by atoms with van der Waals surface area (Å²) >= 11 is 0. The lowest BCUT2D eigenvalue weighted by molar-refractivity contribution is 0.0515. The Kier molecular flexibility index (Phi) is 7.72. The number of benzene rings is 5. The molecule has 0 saturated heterocycles. The molecule has 0 N–H and O–H groups in total.